The van der Waals surface area contributed by atoms with Crippen LogP contribution in [0.3, 0.4) is 0 Å². The quantitative estimate of drug-likeness (QED) is 0.706. The molecule has 3 rings (SSSR count). The van der Waals surface area contributed by atoms with E-state index in [1.807, 2.05) is 12.1 Å². The van der Waals surface area contributed by atoms with Crippen LogP contribution in [0.25, 0.3) is 0 Å². The van der Waals surface area contributed by atoms with Crippen LogP contribution in [-0.4, -0.2) is 33.0 Å². The second-order valence-electron chi connectivity index (χ2n) is 8.42. The lowest BCUT2D eigenvalue weighted by Gasteiger charge is -2.45. The molecule has 0 aromatic heterocycles. The van der Waals surface area contributed by atoms with E-state index < -0.39 is 0 Å². The molecule has 0 aliphatic carbocycles. The average Bonchev–Trinajstić information content (AvgIpc) is 2.71. The van der Waals surface area contributed by atoms with Crippen molar-refractivity contribution in [2.75, 3.05) is 27.4 Å². The Balaban J connectivity index is 1.66. The molecule has 0 saturated carbocycles. The summed E-state index contributed by atoms with van der Waals surface area (Å²) < 4.78 is 16.6. The Hall–Kier alpha value is -2.04. The molecule has 152 valence electrons. The van der Waals surface area contributed by atoms with Crippen molar-refractivity contribution in [2.45, 2.75) is 50.7 Å². The lowest BCUT2D eigenvalue weighted by Crippen LogP contribution is -2.83. The third-order valence-corrected chi connectivity index (χ3v) is 5.91. The van der Waals surface area contributed by atoms with Crippen LogP contribution < -0.4 is 14.8 Å². The highest BCUT2D eigenvalue weighted by Crippen LogP contribution is 2.44. The Bertz CT molecular complexity index is 739. The van der Waals surface area contributed by atoms with E-state index in [1.165, 1.54) is 11.1 Å². The van der Waals surface area contributed by atoms with Gasteiger partial charge in [-0.25, -0.2) is 0 Å². The Morgan fingerprint density at radius 2 is 1.54 bits per heavy atom. The van der Waals surface area contributed by atoms with Gasteiger partial charge in [0.15, 0.2) is 0 Å². The summed E-state index contributed by atoms with van der Waals surface area (Å²) in [7, 11) is 3.42. The number of nitrogens with two attached hydrogens (primary N) is 1. The Kier molecular flexibility index (Phi) is 6.63. The molecule has 2 N–H and O–H groups in total. The number of hydrogen-bond donors (Lipinski definition) is 1. The van der Waals surface area contributed by atoms with E-state index >= 15 is 0 Å². The van der Waals surface area contributed by atoms with Crippen LogP contribution in [0.2, 0.25) is 0 Å². The van der Waals surface area contributed by atoms with E-state index in [2.05, 4.69) is 55.6 Å². The molecule has 1 fully saturated rings. The summed E-state index contributed by atoms with van der Waals surface area (Å²) >= 11 is 0. The van der Waals surface area contributed by atoms with Gasteiger partial charge in [0.1, 0.15) is 18.0 Å². The minimum atomic E-state index is -0.0891. The van der Waals surface area contributed by atoms with Gasteiger partial charge in [0.05, 0.1) is 26.4 Å². The van der Waals surface area contributed by atoms with Crippen molar-refractivity contribution in [1.29, 1.82) is 0 Å². The number of hydrogen-bond acceptors (Lipinski definition) is 3. The van der Waals surface area contributed by atoms with Crippen LogP contribution in [-0.2, 0) is 16.7 Å². The zero-order valence-electron chi connectivity index (χ0n) is 17.7. The molecular weight excluding hydrogens is 350 g/mol. The zero-order valence-corrected chi connectivity index (χ0v) is 17.7. The third-order valence-electron chi connectivity index (χ3n) is 5.91. The maximum Gasteiger partial charge on any atom is 0.118 e. The lowest BCUT2D eigenvalue weighted by atomic mass is 9.67. The fraction of sp³-hybridized carbons (Fsp3) is 0.500. The van der Waals surface area contributed by atoms with E-state index in [9.17, 15) is 0 Å². The highest BCUT2D eigenvalue weighted by atomic mass is 16.5. The average molecular weight is 385 g/mol. The molecule has 2 aromatic rings. The first kappa shape index (κ1) is 20.7. The summed E-state index contributed by atoms with van der Waals surface area (Å²) in [5.74, 6) is 1.82. The van der Waals surface area contributed by atoms with Crippen molar-refractivity contribution >= 4 is 0 Å². The summed E-state index contributed by atoms with van der Waals surface area (Å²) in [5.41, 5.74) is 2.80. The highest BCUT2D eigenvalue weighted by Gasteiger charge is 2.42. The van der Waals surface area contributed by atoms with Gasteiger partial charge < -0.3 is 19.5 Å². The van der Waals surface area contributed by atoms with Crippen LogP contribution in [0.1, 0.15) is 44.2 Å². The molecule has 1 heterocycles. The van der Waals surface area contributed by atoms with Crippen molar-refractivity contribution in [3.8, 4) is 11.5 Å². The largest absolute Gasteiger partial charge is 0.497 e. The maximum absolute atomic E-state index is 6.04. The van der Waals surface area contributed by atoms with Crippen LogP contribution in [0.15, 0.2) is 48.5 Å². The van der Waals surface area contributed by atoms with E-state index in [1.54, 1.807) is 14.2 Å². The van der Waals surface area contributed by atoms with Gasteiger partial charge in [-0.2, -0.15) is 0 Å². The van der Waals surface area contributed by atoms with E-state index in [-0.39, 0.29) is 11.0 Å². The van der Waals surface area contributed by atoms with E-state index in [0.717, 1.165) is 50.5 Å². The molecule has 1 aliphatic rings. The fourth-order valence-corrected chi connectivity index (χ4v) is 4.43. The molecular formula is C24H34NO3+. The fourth-order valence-electron chi connectivity index (χ4n) is 4.43. The third kappa shape index (κ3) is 5.06. The second kappa shape index (κ2) is 8.97. The Morgan fingerprint density at radius 1 is 0.929 bits per heavy atom. The predicted octanol–water partition coefficient (Wildman–Crippen LogP) is 3.68. The van der Waals surface area contributed by atoms with Crippen LogP contribution in [0, 0.1) is 0 Å². The summed E-state index contributed by atoms with van der Waals surface area (Å²) in [4.78, 5) is 0. The Morgan fingerprint density at radius 3 is 2.11 bits per heavy atom. The number of rotatable bonds is 8. The van der Waals surface area contributed by atoms with Crippen molar-refractivity contribution in [1.82, 2.24) is 0 Å². The molecule has 1 atom stereocenters. The minimum absolute atomic E-state index is 0.0891. The minimum Gasteiger partial charge on any atom is -0.497 e. The predicted molar refractivity (Wildman–Crippen MR) is 112 cm³/mol. The van der Waals surface area contributed by atoms with Gasteiger partial charge in [0.2, 0.25) is 0 Å². The van der Waals surface area contributed by atoms with Gasteiger partial charge in [-0.05, 0) is 68.7 Å². The van der Waals surface area contributed by atoms with E-state index in [4.69, 9.17) is 14.2 Å². The van der Waals surface area contributed by atoms with Gasteiger partial charge in [-0.3, -0.25) is 0 Å². The molecule has 0 amide bonds. The van der Waals surface area contributed by atoms with E-state index in [0.29, 0.717) is 0 Å². The monoisotopic (exact) mass is 384 g/mol. The molecule has 0 bridgehead atoms. The number of ether oxygens (including phenoxy) is 3. The molecule has 0 unspecified atom stereocenters. The summed E-state index contributed by atoms with van der Waals surface area (Å²) in [6, 6.07) is 17.0. The first-order chi connectivity index (χ1) is 13.5. The SMILES string of the molecule is COc1ccc(C[NH2+]CC[C@@]2(c3ccc(OC)cc3)CCOC(C)(C)C2)cc1. The summed E-state index contributed by atoms with van der Waals surface area (Å²) in [6.45, 7) is 7.32. The molecule has 4 heteroatoms. The van der Waals surface area contributed by atoms with Crippen LogP contribution in [0.4, 0.5) is 0 Å². The van der Waals surface area contributed by atoms with Gasteiger partial charge in [-0.15, -0.1) is 0 Å². The van der Waals surface area contributed by atoms with Crippen molar-refractivity contribution in [3.05, 3.63) is 59.7 Å². The maximum atomic E-state index is 6.04. The van der Waals surface area contributed by atoms with Gasteiger partial charge in [0.25, 0.3) is 0 Å². The molecule has 2 aromatic carbocycles. The highest BCUT2D eigenvalue weighted by molar-refractivity contribution is 5.33. The van der Waals surface area contributed by atoms with Gasteiger partial charge in [0, 0.05) is 24.0 Å². The van der Waals surface area contributed by atoms with Crippen LogP contribution >= 0.6 is 0 Å². The topological polar surface area (TPSA) is 44.3 Å². The van der Waals surface area contributed by atoms with Crippen LogP contribution in [0.5, 0.6) is 11.5 Å². The first-order valence-electron chi connectivity index (χ1n) is 10.2. The Labute approximate surface area is 169 Å². The second-order valence-corrected chi connectivity index (χ2v) is 8.42. The number of methoxy groups -OCH3 is 2. The smallest absolute Gasteiger partial charge is 0.118 e. The van der Waals surface area contributed by atoms with Crippen molar-refractivity contribution < 1.29 is 19.5 Å². The van der Waals surface area contributed by atoms with Gasteiger partial charge in [-0.1, -0.05) is 12.1 Å². The molecule has 4 nitrogen and oxygen atoms in total. The van der Waals surface area contributed by atoms with Crippen molar-refractivity contribution in [3.63, 3.8) is 0 Å². The van der Waals surface area contributed by atoms with Gasteiger partial charge >= 0.3 is 0 Å². The molecule has 0 spiro atoms. The first-order valence-corrected chi connectivity index (χ1v) is 10.2. The lowest BCUT2D eigenvalue weighted by molar-refractivity contribution is -0.672. The normalized spacial score (nSPS) is 21.3. The summed E-state index contributed by atoms with van der Waals surface area (Å²) in [6.07, 6.45) is 3.25. The standard InChI is InChI=1S/C24H33NO3/c1-23(2)18-24(14-16-28-23,20-7-11-22(27-4)12-8-20)13-15-25-17-19-5-9-21(26-3)10-6-19/h5-12,25H,13-18H2,1-4H3/p+1/t24-/m1/s1. The number of benzene rings is 2. The molecule has 1 saturated heterocycles. The molecule has 1 aliphatic heterocycles. The number of quaternary nitrogens is 1. The van der Waals surface area contributed by atoms with Crippen molar-refractivity contribution in [2.24, 2.45) is 0 Å². The summed E-state index contributed by atoms with van der Waals surface area (Å²) in [5, 5.41) is 2.41. The molecule has 28 heavy (non-hydrogen) atoms. The zero-order chi connectivity index (χ0) is 20.0. The molecule has 0 radical (unpaired) electrons.